The molecule has 7 nitrogen and oxygen atoms in total. The third-order valence-electron chi connectivity index (χ3n) is 9.89. The maximum Gasteiger partial charge on any atom is 0.416 e. The number of rotatable bonds is 11. The van der Waals surface area contributed by atoms with E-state index in [1.54, 1.807) is 36.1 Å². The van der Waals surface area contributed by atoms with Gasteiger partial charge in [0.1, 0.15) is 5.54 Å². The van der Waals surface area contributed by atoms with E-state index in [-0.39, 0.29) is 46.5 Å². The summed E-state index contributed by atoms with van der Waals surface area (Å²) in [4.78, 5) is 32.6. The molecule has 4 atom stereocenters. The van der Waals surface area contributed by atoms with Crippen molar-refractivity contribution in [2.75, 3.05) is 25.1 Å². The van der Waals surface area contributed by atoms with E-state index in [9.17, 15) is 31.2 Å². The lowest BCUT2D eigenvalue weighted by atomic mass is 9.80. The summed E-state index contributed by atoms with van der Waals surface area (Å²) in [6, 6.07) is 11.2. The number of halogens is 3. The second-order valence-electron chi connectivity index (χ2n) is 13.6. The van der Waals surface area contributed by atoms with E-state index in [1.165, 1.54) is 36.7 Å². The Morgan fingerprint density at radius 1 is 1.11 bits per heavy atom. The first-order chi connectivity index (χ1) is 21.6. The Hall–Kier alpha value is -2.57. The zero-order chi connectivity index (χ0) is 33.4. The standard InChI is InChI=1S/C34H44F3N3O4S2/c1-22(2)40(20-23-8-9-23)27-10-15-30(25(19-27)21-46(43,44)29-13-11-28(45-4)12-14-29)39-17-16-33(3,32(39)42)38-31(41)24-6-5-7-26(18-24)34(35,36)37/h5-7,11-14,18,22-23,25,27,30H,8-10,15-17,19-21H2,1-4H3,(H,38,41)/t25-,27+,30-,33-/m0/s1. The summed E-state index contributed by atoms with van der Waals surface area (Å²) in [6.45, 7) is 7.26. The second-order valence-corrected chi connectivity index (χ2v) is 16.5. The molecule has 0 radical (unpaired) electrons. The molecule has 0 spiro atoms. The number of likely N-dealkylation sites (tertiary alicyclic amines) is 1. The summed E-state index contributed by atoms with van der Waals surface area (Å²) in [6.07, 6.45) is 2.13. The zero-order valence-electron chi connectivity index (χ0n) is 26.8. The lowest BCUT2D eigenvalue weighted by Crippen LogP contribution is -2.56. The first-order valence-electron chi connectivity index (χ1n) is 16.0. The monoisotopic (exact) mass is 679 g/mol. The molecule has 2 saturated carbocycles. The number of alkyl halides is 3. The van der Waals surface area contributed by atoms with Crippen LogP contribution in [0.15, 0.2) is 58.3 Å². The number of nitrogens with one attached hydrogen (secondary N) is 1. The van der Waals surface area contributed by atoms with Crippen LogP contribution in [0, 0.1) is 11.8 Å². The first kappa shape index (κ1) is 34.8. The molecule has 5 rings (SSSR count). The minimum atomic E-state index is -4.60. The quantitative estimate of drug-likeness (QED) is 0.282. The Bertz CT molecular complexity index is 1530. The Morgan fingerprint density at radius 3 is 2.41 bits per heavy atom. The number of hydrogen-bond acceptors (Lipinski definition) is 6. The van der Waals surface area contributed by atoms with Crippen LogP contribution in [0.4, 0.5) is 13.2 Å². The van der Waals surface area contributed by atoms with Gasteiger partial charge in [-0.25, -0.2) is 8.42 Å². The molecule has 1 aliphatic heterocycles. The number of hydrogen-bond donors (Lipinski definition) is 1. The number of carbonyl (C=O) groups excluding carboxylic acids is 2. The predicted octanol–water partition coefficient (Wildman–Crippen LogP) is 6.28. The second kappa shape index (κ2) is 13.5. The molecule has 1 N–H and O–H groups in total. The average Bonchev–Trinajstić information content (AvgIpc) is 3.79. The molecule has 3 fully saturated rings. The van der Waals surface area contributed by atoms with Crippen LogP contribution in [0.2, 0.25) is 0 Å². The van der Waals surface area contributed by atoms with Crippen molar-refractivity contribution >= 4 is 33.4 Å². The molecule has 0 bridgehead atoms. The van der Waals surface area contributed by atoms with Gasteiger partial charge in [-0.1, -0.05) is 6.07 Å². The van der Waals surface area contributed by atoms with Gasteiger partial charge in [0.05, 0.1) is 16.2 Å². The van der Waals surface area contributed by atoms with Crippen LogP contribution in [0.5, 0.6) is 0 Å². The molecule has 46 heavy (non-hydrogen) atoms. The third kappa shape index (κ3) is 7.76. The van der Waals surface area contributed by atoms with Crippen LogP contribution in [0.3, 0.4) is 0 Å². The highest BCUT2D eigenvalue weighted by atomic mass is 32.2. The third-order valence-corrected chi connectivity index (χ3v) is 12.5. The van der Waals surface area contributed by atoms with Crippen molar-refractivity contribution in [2.24, 2.45) is 11.8 Å². The number of nitrogens with zero attached hydrogens (tertiary/aromatic N) is 2. The summed E-state index contributed by atoms with van der Waals surface area (Å²) in [5.41, 5.74) is -2.44. The molecule has 1 saturated heterocycles. The summed E-state index contributed by atoms with van der Waals surface area (Å²) in [7, 11) is -3.67. The van der Waals surface area contributed by atoms with Crippen LogP contribution in [0.1, 0.15) is 75.2 Å². The topological polar surface area (TPSA) is 86.8 Å². The molecule has 2 amide bonds. The number of sulfone groups is 1. The van der Waals surface area contributed by atoms with E-state index in [4.69, 9.17) is 0 Å². The van der Waals surface area contributed by atoms with Crippen molar-refractivity contribution in [2.45, 2.75) is 98.9 Å². The van der Waals surface area contributed by atoms with Gasteiger partial charge in [0, 0.05) is 41.7 Å². The highest BCUT2D eigenvalue weighted by Crippen LogP contribution is 2.40. The minimum absolute atomic E-state index is 0.0980. The largest absolute Gasteiger partial charge is 0.416 e. The molecule has 0 unspecified atom stereocenters. The van der Waals surface area contributed by atoms with Gasteiger partial charge < -0.3 is 10.2 Å². The SMILES string of the molecule is CSc1ccc(S(=O)(=O)C[C@@H]2C[C@H](N(CC3CC3)C(C)C)CC[C@@H]2N2CC[C@](C)(NC(=O)c3cccc(C(F)(F)F)c3)C2=O)cc1. The Morgan fingerprint density at radius 2 is 1.80 bits per heavy atom. The van der Waals surface area contributed by atoms with E-state index >= 15 is 0 Å². The van der Waals surface area contributed by atoms with Gasteiger partial charge in [0.15, 0.2) is 9.84 Å². The first-order valence-corrected chi connectivity index (χ1v) is 18.9. The van der Waals surface area contributed by atoms with Crippen molar-refractivity contribution in [3.63, 3.8) is 0 Å². The van der Waals surface area contributed by atoms with E-state index in [1.807, 2.05) is 6.26 Å². The number of carbonyl (C=O) groups is 2. The maximum absolute atomic E-state index is 14.0. The van der Waals surface area contributed by atoms with Gasteiger partial charge in [0.25, 0.3) is 5.91 Å². The van der Waals surface area contributed by atoms with Crippen molar-refractivity contribution in [1.29, 1.82) is 0 Å². The van der Waals surface area contributed by atoms with Gasteiger partial charge in [-0.15, -0.1) is 11.8 Å². The Labute approximate surface area is 274 Å². The van der Waals surface area contributed by atoms with Crippen LogP contribution in [0.25, 0.3) is 0 Å². The normalized spacial score (nSPS) is 25.8. The highest BCUT2D eigenvalue weighted by Gasteiger charge is 2.50. The van der Waals surface area contributed by atoms with E-state index in [2.05, 4.69) is 24.1 Å². The minimum Gasteiger partial charge on any atom is -0.338 e. The summed E-state index contributed by atoms with van der Waals surface area (Å²) in [5.74, 6) is -0.831. The molecule has 12 heteroatoms. The number of amides is 2. The van der Waals surface area contributed by atoms with Gasteiger partial charge in [0.2, 0.25) is 5.91 Å². The van der Waals surface area contributed by atoms with Crippen molar-refractivity contribution < 1.29 is 31.2 Å². The molecule has 252 valence electrons. The number of benzene rings is 2. The fourth-order valence-corrected chi connectivity index (χ4v) is 9.19. The predicted molar refractivity (Wildman–Crippen MR) is 173 cm³/mol. The molecule has 2 aromatic carbocycles. The highest BCUT2D eigenvalue weighted by molar-refractivity contribution is 7.98. The molecule has 0 aromatic heterocycles. The molecular formula is C34H44F3N3O4S2. The van der Waals surface area contributed by atoms with Gasteiger partial charge in [-0.3, -0.25) is 14.5 Å². The fraction of sp³-hybridized carbons (Fsp3) is 0.588. The van der Waals surface area contributed by atoms with Crippen LogP contribution < -0.4 is 5.32 Å². The van der Waals surface area contributed by atoms with Crippen molar-refractivity contribution in [1.82, 2.24) is 15.1 Å². The molecule has 2 aliphatic carbocycles. The van der Waals surface area contributed by atoms with E-state index in [0.717, 1.165) is 30.0 Å². The molecular weight excluding hydrogens is 636 g/mol. The smallest absolute Gasteiger partial charge is 0.338 e. The molecule has 3 aliphatic rings. The van der Waals surface area contributed by atoms with Gasteiger partial charge in [-0.2, -0.15) is 13.2 Å². The van der Waals surface area contributed by atoms with Crippen LogP contribution in [-0.4, -0.2) is 78.8 Å². The number of thioether (sulfide) groups is 1. The van der Waals surface area contributed by atoms with E-state index in [0.29, 0.717) is 31.3 Å². The maximum atomic E-state index is 14.0. The van der Waals surface area contributed by atoms with Crippen molar-refractivity contribution in [3.05, 3.63) is 59.7 Å². The zero-order valence-corrected chi connectivity index (χ0v) is 28.5. The Kier molecular flexibility index (Phi) is 10.2. The average molecular weight is 680 g/mol. The van der Waals surface area contributed by atoms with Gasteiger partial charge >= 0.3 is 6.18 Å². The summed E-state index contributed by atoms with van der Waals surface area (Å²) in [5, 5.41) is 2.71. The van der Waals surface area contributed by atoms with Crippen LogP contribution >= 0.6 is 11.8 Å². The fourth-order valence-electron chi connectivity index (χ4n) is 7.12. The summed E-state index contributed by atoms with van der Waals surface area (Å²) < 4.78 is 67.4. The van der Waals surface area contributed by atoms with E-state index < -0.39 is 33.0 Å². The van der Waals surface area contributed by atoms with Crippen molar-refractivity contribution in [3.8, 4) is 0 Å². The molecule has 1 heterocycles. The summed E-state index contributed by atoms with van der Waals surface area (Å²) >= 11 is 1.54. The van der Waals surface area contributed by atoms with Gasteiger partial charge in [-0.05, 0) is 120 Å². The Balaban J connectivity index is 1.37. The van der Waals surface area contributed by atoms with Crippen LogP contribution in [-0.2, 0) is 20.8 Å². The lowest BCUT2D eigenvalue weighted by molar-refractivity contribution is -0.138. The lowest BCUT2D eigenvalue weighted by Gasteiger charge is -2.46. The molecule has 2 aromatic rings.